The lowest BCUT2D eigenvalue weighted by molar-refractivity contribution is 0.0954. The molecule has 1 aromatic carbocycles. The van der Waals surface area contributed by atoms with Crippen molar-refractivity contribution in [1.82, 2.24) is 5.32 Å². The van der Waals surface area contributed by atoms with E-state index in [1.165, 1.54) is 0 Å². The van der Waals surface area contributed by atoms with E-state index in [4.69, 9.17) is 16.7 Å². The van der Waals surface area contributed by atoms with E-state index < -0.39 is 10.0 Å². The second-order valence-corrected chi connectivity index (χ2v) is 6.66. The second-order valence-electron chi connectivity index (χ2n) is 3.60. The fraction of sp³-hybridized carbons (Fsp3) is 0.300. The van der Waals surface area contributed by atoms with E-state index in [0.717, 1.165) is 4.47 Å². The molecule has 0 atom stereocenters. The standard InChI is InChI=1S/C10H12BrClN2O3S/c11-7-2-3-9(12)8(6-7)10(15)14-4-1-5-18(13,16)17/h2-3,6H,1,4-5H2,(H,14,15)(H2,13,16,17). The monoisotopic (exact) mass is 354 g/mol. The average molecular weight is 356 g/mol. The quantitative estimate of drug-likeness (QED) is 0.785. The summed E-state index contributed by atoms with van der Waals surface area (Å²) in [5.41, 5.74) is 0.335. The van der Waals surface area contributed by atoms with Crippen LogP contribution in [0.15, 0.2) is 22.7 Å². The number of sulfonamides is 1. The predicted molar refractivity (Wildman–Crippen MR) is 74.1 cm³/mol. The van der Waals surface area contributed by atoms with Crippen LogP contribution >= 0.6 is 27.5 Å². The highest BCUT2D eigenvalue weighted by atomic mass is 79.9. The minimum atomic E-state index is -3.49. The normalized spacial score (nSPS) is 11.3. The zero-order chi connectivity index (χ0) is 13.8. The predicted octanol–water partition coefficient (Wildman–Crippen LogP) is 1.51. The molecule has 0 fully saturated rings. The van der Waals surface area contributed by atoms with E-state index in [0.29, 0.717) is 10.6 Å². The summed E-state index contributed by atoms with van der Waals surface area (Å²) in [7, 11) is -3.49. The van der Waals surface area contributed by atoms with E-state index >= 15 is 0 Å². The number of carbonyl (C=O) groups is 1. The molecule has 0 radical (unpaired) electrons. The fourth-order valence-corrected chi connectivity index (χ4v) is 2.35. The molecule has 0 heterocycles. The summed E-state index contributed by atoms with van der Waals surface area (Å²) < 4.78 is 22.1. The lowest BCUT2D eigenvalue weighted by Crippen LogP contribution is -2.27. The highest BCUT2D eigenvalue weighted by Crippen LogP contribution is 2.20. The molecule has 0 aliphatic rings. The number of hydrogen-bond acceptors (Lipinski definition) is 3. The van der Waals surface area contributed by atoms with Crippen LogP contribution in [0, 0.1) is 0 Å². The maximum Gasteiger partial charge on any atom is 0.252 e. The summed E-state index contributed by atoms with van der Waals surface area (Å²) in [6.45, 7) is 0.220. The number of nitrogens with two attached hydrogens (primary N) is 1. The van der Waals surface area contributed by atoms with Crippen molar-refractivity contribution >= 4 is 43.5 Å². The molecule has 1 amide bonds. The lowest BCUT2D eigenvalue weighted by Gasteiger charge is -2.06. The fourth-order valence-electron chi connectivity index (χ4n) is 1.24. The Kier molecular flexibility index (Phi) is 5.58. The van der Waals surface area contributed by atoms with Crippen molar-refractivity contribution in [3.63, 3.8) is 0 Å². The van der Waals surface area contributed by atoms with Crippen LogP contribution in [-0.4, -0.2) is 26.6 Å². The van der Waals surface area contributed by atoms with Crippen molar-refractivity contribution in [2.45, 2.75) is 6.42 Å². The van der Waals surface area contributed by atoms with Crippen LogP contribution in [0.25, 0.3) is 0 Å². The number of hydrogen-bond donors (Lipinski definition) is 2. The van der Waals surface area contributed by atoms with Gasteiger partial charge in [-0.2, -0.15) is 0 Å². The van der Waals surface area contributed by atoms with Crippen LogP contribution in [0.5, 0.6) is 0 Å². The van der Waals surface area contributed by atoms with Gasteiger partial charge in [0.25, 0.3) is 5.91 Å². The third kappa shape index (κ3) is 5.34. The Morgan fingerprint density at radius 3 is 2.72 bits per heavy atom. The van der Waals surface area contributed by atoms with E-state index in [2.05, 4.69) is 21.2 Å². The largest absolute Gasteiger partial charge is 0.352 e. The molecule has 1 rings (SSSR count). The zero-order valence-electron chi connectivity index (χ0n) is 9.32. The van der Waals surface area contributed by atoms with Crippen LogP contribution < -0.4 is 10.5 Å². The third-order valence-electron chi connectivity index (χ3n) is 2.06. The molecule has 0 saturated heterocycles. The first-order valence-electron chi connectivity index (χ1n) is 5.03. The van der Waals surface area contributed by atoms with E-state index in [1.54, 1.807) is 18.2 Å². The molecule has 0 aliphatic carbocycles. The van der Waals surface area contributed by atoms with Crippen LogP contribution in [-0.2, 0) is 10.0 Å². The van der Waals surface area contributed by atoms with Crippen LogP contribution in [0.3, 0.4) is 0 Å². The number of nitrogens with one attached hydrogen (secondary N) is 1. The van der Waals surface area contributed by atoms with Gasteiger partial charge in [0, 0.05) is 11.0 Å². The molecule has 3 N–H and O–H groups in total. The van der Waals surface area contributed by atoms with Gasteiger partial charge in [0.05, 0.1) is 16.3 Å². The van der Waals surface area contributed by atoms with Gasteiger partial charge in [0.1, 0.15) is 0 Å². The molecule has 0 unspecified atom stereocenters. The third-order valence-corrected chi connectivity index (χ3v) is 3.74. The topological polar surface area (TPSA) is 89.3 Å². The molecule has 0 aliphatic heterocycles. The average Bonchev–Trinajstić information content (AvgIpc) is 2.26. The van der Waals surface area contributed by atoms with Crippen molar-refractivity contribution in [3.05, 3.63) is 33.3 Å². The maximum atomic E-state index is 11.7. The molecule has 0 bridgehead atoms. The van der Waals surface area contributed by atoms with Crippen LogP contribution in [0.2, 0.25) is 5.02 Å². The van der Waals surface area contributed by atoms with Gasteiger partial charge in [0.2, 0.25) is 10.0 Å². The number of carbonyl (C=O) groups excluding carboxylic acids is 1. The molecule has 5 nitrogen and oxygen atoms in total. The van der Waals surface area contributed by atoms with E-state index in [-0.39, 0.29) is 24.6 Å². The highest BCUT2D eigenvalue weighted by Gasteiger charge is 2.10. The van der Waals surface area contributed by atoms with Crippen molar-refractivity contribution < 1.29 is 13.2 Å². The zero-order valence-corrected chi connectivity index (χ0v) is 12.5. The number of amides is 1. The van der Waals surface area contributed by atoms with Crippen molar-refractivity contribution in [2.24, 2.45) is 5.14 Å². The lowest BCUT2D eigenvalue weighted by atomic mass is 10.2. The van der Waals surface area contributed by atoms with Gasteiger partial charge < -0.3 is 5.32 Å². The van der Waals surface area contributed by atoms with Gasteiger partial charge >= 0.3 is 0 Å². The summed E-state index contributed by atoms with van der Waals surface area (Å²) in [5, 5.41) is 7.75. The van der Waals surface area contributed by atoms with Crippen molar-refractivity contribution in [1.29, 1.82) is 0 Å². The first-order chi connectivity index (χ1) is 8.29. The smallest absolute Gasteiger partial charge is 0.252 e. The Labute approximate surface area is 119 Å². The van der Waals surface area contributed by atoms with Gasteiger partial charge in [-0.05, 0) is 24.6 Å². The summed E-state index contributed by atoms with van der Waals surface area (Å²) >= 11 is 9.12. The minimum absolute atomic E-state index is 0.167. The first kappa shape index (κ1) is 15.4. The molecule has 1 aromatic rings. The summed E-state index contributed by atoms with van der Waals surface area (Å²) in [5.74, 6) is -0.518. The Morgan fingerprint density at radius 2 is 2.11 bits per heavy atom. The van der Waals surface area contributed by atoms with E-state index in [1.807, 2.05) is 0 Å². The van der Waals surface area contributed by atoms with Crippen molar-refractivity contribution in [2.75, 3.05) is 12.3 Å². The van der Waals surface area contributed by atoms with Crippen LogP contribution in [0.4, 0.5) is 0 Å². The van der Waals surface area contributed by atoms with Gasteiger partial charge in [-0.25, -0.2) is 13.6 Å². The van der Waals surface area contributed by atoms with Gasteiger partial charge in [-0.15, -0.1) is 0 Å². The SMILES string of the molecule is NS(=O)(=O)CCCNC(=O)c1cc(Br)ccc1Cl. The minimum Gasteiger partial charge on any atom is -0.352 e. The second kappa shape index (κ2) is 6.51. The molecular formula is C10H12BrClN2O3S. The summed E-state index contributed by atoms with van der Waals surface area (Å²) in [4.78, 5) is 11.7. The maximum absolute atomic E-state index is 11.7. The van der Waals surface area contributed by atoms with Gasteiger partial charge in [0.15, 0.2) is 0 Å². The summed E-state index contributed by atoms with van der Waals surface area (Å²) in [6, 6.07) is 4.92. The molecule has 0 saturated carbocycles. The Morgan fingerprint density at radius 1 is 1.44 bits per heavy atom. The van der Waals surface area contributed by atoms with E-state index in [9.17, 15) is 13.2 Å². The number of primary sulfonamides is 1. The molecule has 100 valence electrons. The van der Waals surface area contributed by atoms with Gasteiger partial charge in [-0.1, -0.05) is 27.5 Å². The molecular weight excluding hydrogens is 344 g/mol. The summed E-state index contributed by atoms with van der Waals surface area (Å²) in [6.07, 6.45) is 0.260. The Hall–Kier alpha value is -0.630. The van der Waals surface area contributed by atoms with Gasteiger partial charge in [-0.3, -0.25) is 4.79 Å². The number of halogens is 2. The Balaban J connectivity index is 2.53. The number of benzene rings is 1. The molecule has 18 heavy (non-hydrogen) atoms. The first-order valence-corrected chi connectivity index (χ1v) is 7.92. The molecule has 8 heteroatoms. The molecule has 0 spiro atoms. The highest BCUT2D eigenvalue weighted by molar-refractivity contribution is 9.10. The van der Waals surface area contributed by atoms with Crippen molar-refractivity contribution in [3.8, 4) is 0 Å². The molecule has 0 aromatic heterocycles. The Bertz CT molecular complexity index is 548. The number of rotatable bonds is 5. The van der Waals surface area contributed by atoms with Crippen LogP contribution in [0.1, 0.15) is 16.8 Å².